The summed E-state index contributed by atoms with van der Waals surface area (Å²) in [5.74, 6) is -5.51. The predicted molar refractivity (Wildman–Crippen MR) is 130 cm³/mol. The van der Waals surface area contributed by atoms with Crippen molar-refractivity contribution >= 4 is 17.9 Å². The molecule has 0 aromatic carbocycles. The molecule has 0 aliphatic rings. The lowest BCUT2D eigenvalue weighted by atomic mass is 10.0. The Labute approximate surface area is 225 Å². The molecule has 0 saturated heterocycles. The average Bonchev–Trinajstić information content (AvgIpc) is 2.86. The molecule has 1 rings (SSSR count). The lowest BCUT2D eigenvalue weighted by molar-refractivity contribution is -0.296. The van der Waals surface area contributed by atoms with Crippen molar-refractivity contribution in [3.63, 3.8) is 0 Å². The zero-order chi connectivity index (χ0) is 29.4. The molecular weight excluding hydrogens is 524 g/mol. The number of aliphatic hydroxyl groups is 4. The van der Waals surface area contributed by atoms with Crippen molar-refractivity contribution in [3.8, 4) is 0 Å². The molecule has 0 fully saturated rings. The van der Waals surface area contributed by atoms with Gasteiger partial charge in [-0.05, 0) is 26.2 Å². The van der Waals surface area contributed by atoms with Crippen molar-refractivity contribution in [2.45, 2.75) is 82.1 Å². The Morgan fingerprint density at radius 3 is 1.87 bits per heavy atom. The quantitative estimate of drug-likeness (QED) is 0.0680. The fourth-order valence-corrected chi connectivity index (χ4v) is 3.50. The molecule has 0 bridgehead atoms. The van der Waals surface area contributed by atoms with Crippen molar-refractivity contribution < 1.29 is 64.3 Å². The van der Waals surface area contributed by atoms with Crippen LogP contribution < -0.4 is 0 Å². The molecule has 0 aliphatic carbocycles. The van der Waals surface area contributed by atoms with Crippen molar-refractivity contribution in [1.82, 2.24) is 9.97 Å². The molecule has 1 unspecified atom stereocenters. The maximum Gasteiger partial charge on any atom is 0.303 e. The summed E-state index contributed by atoms with van der Waals surface area (Å²) in [5.41, 5.74) is 0.0480. The van der Waals surface area contributed by atoms with E-state index in [1.165, 1.54) is 13.1 Å². The standard InChI is InChI=1S/C24H38N2O13/c1-15(28)23(38-9-3-6-21(32)33)24(36,39-10-4-7-22(34)35)19-13-25-16(12-26-19)11-17(29)18(14-27)37-8-2-5-20(30)31/h12-13,15,17-18,23,27-29,36H,2-11,14H2,1H3,(H,30,31)(H,32,33)(H,34,35)/t15-,17-,18+,23+,24?/m0/s1. The van der Waals surface area contributed by atoms with E-state index in [-0.39, 0.29) is 76.2 Å². The number of aliphatic hydroxyl groups excluding tert-OH is 3. The van der Waals surface area contributed by atoms with Gasteiger partial charge in [-0.1, -0.05) is 0 Å². The van der Waals surface area contributed by atoms with E-state index in [1.54, 1.807) is 0 Å². The van der Waals surface area contributed by atoms with Crippen LogP contribution in [0.2, 0.25) is 0 Å². The van der Waals surface area contributed by atoms with Gasteiger partial charge in [-0.15, -0.1) is 0 Å². The summed E-state index contributed by atoms with van der Waals surface area (Å²) in [6.07, 6.45) is -3.05. The molecule has 0 radical (unpaired) electrons. The van der Waals surface area contributed by atoms with E-state index in [2.05, 4.69) is 9.97 Å². The summed E-state index contributed by atoms with van der Waals surface area (Å²) < 4.78 is 16.5. The summed E-state index contributed by atoms with van der Waals surface area (Å²) in [4.78, 5) is 40.5. The van der Waals surface area contributed by atoms with Crippen LogP contribution in [0.3, 0.4) is 0 Å². The Morgan fingerprint density at radius 2 is 1.41 bits per heavy atom. The maximum absolute atomic E-state index is 11.4. The van der Waals surface area contributed by atoms with Gasteiger partial charge in [0.2, 0.25) is 5.79 Å². The number of ether oxygens (including phenoxy) is 3. The Kier molecular flexibility index (Phi) is 15.6. The first-order valence-electron chi connectivity index (χ1n) is 12.4. The minimum absolute atomic E-state index is 0.0125. The SMILES string of the molecule is C[C@H](O)[C@@H](OCCCC(=O)O)C(O)(OCCCC(=O)O)c1cnc(C[C@H](O)[C@@H](CO)OCCCC(=O)O)cn1. The Bertz CT molecular complexity index is 883. The molecule has 0 spiro atoms. The highest BCUT2D eigenvalue weighted by molar-refractivity contribution is 5.67. The maximum atomic E-state index is 11.4. The highest BCUT2D eigenvalue weighted by Gasteiger charge is 2.45. The smallest absolute Gasteiger partial charge is 0.303 e. The molecule has 7 N–H and O–H groups in total. The van der Waals surface area contributed by atoms with Crippen molar-refractivity contribution in [3.05, 3.63) is 23.8 Å². The largest absolute Gasteiger partial charge is 0.481 e. The number of hydrogen-bond donors (Lipinski definition) is 7. The first-order valence-corrected chi connectivity index (χ1v) is 12.4. The normalized spacial score (nSPS) is 16.1. The van der Waals surface area contributed by atoms with Gasteiger partial charge in [0.15, 0.2) is 0 Å². The fourth-order valence-electron chi connectivity index (χ4n) is 3.50. The van der Waals surface area contributed by atoms with Crippen LogP contribution in [0.15, 0.2) is 12.4 Å². The molecule has 0 aliphatic heterocycles. The van der Waals surface area contributed by atoms with Crippen LogP contribution in [0.4, 0.5) is 0 Å². The van der Waals surface area contributed by atoms with Crippen LogP contribution in [0.25, 0.3) is 0 Å². The van der Waals surface area contributed by atoms with Gasteiger partial charge in [0.25, 0.3) is 0 Å². The van der Waals surface area contributed by atoms with E-state index in [4.69, 9.17) is 29.5 Å². The molecular formula is C24H38N2O13. The number of nitrogens with zero attached hydrogens (tertiary/aromatic N) is 2. The van der Waals surface area contributed by atoms with E-state index in [1.807, 2.05) is 0 Å². The third kappa shape index (κ3) is 12.7. The van der Waals surface area contributed by atoms with E-state index in [9.17, 15) is 34.8 Å². The van der Waals surface area contributed by atoms with Crippen LogP contribution in [-0.2, 0) is 40.8 Å². The Hall–Kier alpha value is -2.79. The lowest BCUT2D eigenvalue weighted by Crippen LogP contribution is -2.50. The van der Waals surface area contributed by atoms with Crippen LogP contribution in [0, 0.1) is 0 Å². The zero-order valence-corrected chi connectivity index (χ0v) is 21.7. The monoisotopic (exact) mass is 562 g/mol. The second kappa shape index (κ2) is 17.7. The van der Waals surface area contributed by atoms with Crippen LogP contribution in [-0.4, -0.2) is 114 Å². The number of aliphatic carboxylic acids is 3. The van der Waals surface area contributed by atoms with Gasteiger partial charge in [0.1, 0.15) is 17.9 Å². The van der Waals surface area contributed by atoms with Gasteiger partial charge < -0.3 is 50.0 Å². The average molecular weight is 563 g/mol. The molecule has 39 heavy (non-hydrogen) atoms. The molecule has 0 saturated carbocycles. The van der Waals surface area contributed by atoms with Gasteiger partial charge in [-0.2, -0.15) is 0 Å². The number of carboxylic acid groups (broad SMARTS) is 3. The molecule has 1 aromatic heterocycles. The Morgan fingerprint density at radius 1 is 0.872 bits per heavy atom. The van der Waals surface area contributed by atoms with Crippen LogP contribution in [0.5, 0.6) is 0 Å². The number of carboxylic acids is 3. The summed E-state index contributed by atoms with van der Waals surface area (Å²) in [6.45, 7) is 0.411. The van der Waals surface area contributed by atoms with Crippen molar-refractivity contribution in [2.24, 2.45) is 0 Å². The van der Waals surface area contributed by atoms with Crippen molar-refractivity contribution in [1.29, 1.82) is 0 Å². The van der Waals surface area contributed by atoms with Gasteiger partial charge in [-0.25, -0.2) is 0 Å². The zero-order valence-electron chi connectivity index (χ0n) is 21.7. The second-order valence-electron chi connectivity index (χ2n) is 8.83. The third-order valence-electron chi connectivity index (χ3n) is 5.48. The summed E-state index contributed by atoms with van der Waals surface area (Å²) in [6, 6.07) is 0. The molecule has 15 nitrogen and oxygen atoms in total. The topological polar surface area (TPSA) is 246 Å². The first kappa shape index (κ1) is 34.2. The second-order valence-corrected chi connectivity index (χ2v) is 8.83. The third-order valence-corrected chi connectivity index (χ3v) is 5.48. The van der Waals surface area contributed by atoms with E-state index in [0.717, 1.165) is 6.20 Å². The fraction of sp³-hybridized carbons (Fsp3) is 0.708. The van der Waals surface area contributed by atoms with Crippen LogP contribution in [0.1, 0.15) is 56.8 Å². The van der Waals surface area contributed by atoms with Gasteiger partial charge in [0.05, 0.1) is 37.3 Å². The molecule has 15 heteroatoms. The van der Waals surface area contributed by atoms with Gasteiger partial charge in [0, 0.05) is 45.1 Å². The van der Waals surface area contributed by atoms with Crippen molar-refractivity contribution in [2.75, 3.05) is 26.4 Å². The molecule has 222 valence electrons. The highest BCUT2D eigenvalue weighted by Crippen LogP contribution is 2.30. The first-order chi connectivity index (χ1) is 18.4. The van der Waals surface area contributed by atoms with Crippen LogP contribution >= 0.6 is 0 Å². The predicted octanol–water partition coefficient (Wildman–Crippen LogP) is -0.720. The summed E-state index contributed by atoms with van der Waals surface area (Å²) in [5, 5.41) is 68.0. The molecule has 5 atom stereocenters. The highest BCUT2D eigenvalue weighted by atomic mass is 16.7. The number of rotatable bonds is 22. The van der Waals surface area contributed by atoms with E-state index in [0.29, 0.717) is 0 Å². The number of carbonyl (C=O) groups is 3. The summed E-state index contributed by atoms with van der Waals surface area (Å²) in [7, 11) is 0. The number of aromatic nitrogens is 2. The van der Waals surface area contributed by atoms with E-state index >= 15 is 0 Å². The minimum Gasteiger partial charge on any atom is -0.481 e. The van der Waals surface area contributed by atoms with E-state index < -0.39 is 54.7 Å². The summed E-state index contributed by atoms with van der Waals surface area (Å²) >= 11 is 0. The Balaban J connectivity index is 3.01. The number of hydrogen-bond acceptors (Lipinski definition) is 12. The molecule has 0 amide bonds. The lowest BCUT2D eigenvalue weighted by Gasteiger charge is -2.36. The van der Waals surface area contributed by atoms with Gasteiger partial charge >= 0.3 is 17.9 Å². The minimum atomic E-state index is -2.39. The molecule has 1 heterocycles. The molecule has 1 aromatic rings. The van der Waals surface area contributed by atoms with Gasteiger partial charge in [-0.3, -0.25) is 24.4 Å².